The van der Waals surface area contributed by atoms with Gasteiger partial charge in [0.1, 0.15) is 29.0 Å². The van der Waals surface area contributed by atoms with Gasteiger partial charge < -0.3 is 9.47 Å². The molecule has 4 rings (SSSR count). The Labute approximate surface area is 232 Å². The molecule has 0 bridgehead atoms. The molecule has 0 amide bonds. The maximum absolute atomic E-state index is 14.0. The lowest BCUT2D eigenvalue weighted by molar-refractivity contribution is -0.151. The van der Waals surface area contributed by atoms with E-state index in [-0.39, 0.29) is 15.5 Å². The predicted octanol–water partition coefficient (Wildman–Crippen LogP) is 6.70. The average molecular weight is 562 g/mol. The van der Waals surface area contributed by atoms with E-state index in [1.807, 2.05) is 18.2 Å². The van der Waals surface area contributed by atoms with Crippen LogP contribution in [0.5, 0.6) is 5.75 Å². The first-order chi connectivity index (χ1) is 19.1. The Morgan fingerprint density at radius 1 is 0.800 bits per heavy atom. The zero-order valence-electron chi connectivity index (χ0n) is 21.1. The second-order valence-corrected chi connectivity index (χ2v) is 10.6. The van der Waals surface area contributed by atoms with Crippen molar-refractivity contribution < 1.29 is 31.8 Å². The van der Waals surface area contributed by atoms with Gasteiger partial charge in [0, 0.05) is 42.0 Å². The highest BCUT2D eigenvalue weighted by Crippen LogP contribution is 2.34. The fraction of sp³-hybridized carbons (Fsp3) is 0.0938. The molecule has 0 fully saturated rings. The van der Waals surface area contributed by atoms with Crippen molar-refractivity contribution in [3.8, 4) is 29.9 Å². The van der Waals surface area contributed by atoms with Crippen LogP contribution in [0, 0.1) is 47.5 Å². The topological polar surface area (TPSA) is 35.5 Å². The first kappa shape index (κ1) is 28.4. The number of halogens is 4. The summed E-state index contributed by atoms with van der Waals surface area (Å²) in [7, 11) is -1.25. The van der Waals surface area contributed by atoms with Crippen LogP contribution in [-0.2, 0) is 20.4 Å². The van der Waals surface area contributed by atoms with Crippen LogP contribution in [0.25, 0.3) is 0 Å². The highest BCUT2D eigenvalue weighted by Gasteiger charge is 2.31. The van der Waals surface area contributed by atoms with E-state index in [1.165, 1.54) is 19.1 Å². The Balaban J connectivity index is 1.50. The van der Waals surface area contributed by atoms with Crippen LogP contribution in [-0.4, -0.2) is 18.2 Å². The van der Waals surface area contributed by atoms with Gasteiger partial charge in [-0.2, -0.15) is 0 Å². The first-order valence-corrected chi connectivity index (χ1v) is 13.0. The number of carbonyl (C=O) groups is 1. The zero-order chi connectivity index (χ0) is 28.7. The lowest BCUT2D eigenvalue weighted by Gasteiger charge is -2.18. The number of benzene rings is 4. The van der Waals surface area contributed by atoms with E-state index in [9.17, 15) is 22.4 Å². The van der Waals surface area contributed by atoms with Gasteiger partial charge in [0.2, 0.25) is 5.60 Å². The third-order valence-corrected chi connectivity index (χ3v) is 7.53. The molecule has 0 aliphatic rings. The largest absolute Gasteiger partial charge is 0.482 e. The van der Waals surface area contributed by atoms with Crippen molar-refractivity contribution in [2.45, 2.75) is 27.2 Å². The van der Waals surface area contributed by atoms with Crippen LogP contribution < -0.4 is 4.74 Å². The van der Waals surface area contributed by atoms with Crippen LogP contribution in [0.1, 0.15) is 12.5 Å². The van der Waals surface area contributed by atoms with Gasteiger partial charge >= 0.3 is 5.97 Å². The van der Waals surface area contributed by atoms with Gasteiger partial charge in [-0.25, -0.2) is 22.4 Å². The minimum Gasteiger partial charge on any atom is -0.482 e. The molecule has 0 spiro atoms. The van der Waals surface area contributed by atoms with Crippen molar-refractivity contribution in [2.24, 2.45) is 0 Å². The SMILES string of the molecule is C#CC(C)(C#Cc1ccccc1)OC(=O)COc1ccc([S+](c2cc(F)cc(F)c2)c2cc(F)cc(F)c2)cc1. The molecule has 3 nitrogen and oxygen atoms in total. The van der Waals surface area contributed by atoms with E-state index in [2.05, 4.69) is 17.8 Å². The molecule has 8 heteroatoms. The first-order valence-electron chi connectivity index (χ1n) is 11.8. The highest BCUT2D eigenvalue weighted by atomic mass is 32.2. The highest BCUT2D eigenvalue weighted by molar-refractivity contribution is 7.97. The number of terminal acetylenes is 1. The Morgan fingerprint density at radius 3 is 1.82 bits per heavy atom. The molecular formula is C32H21F4O3S+. The molecule has 4 aromatic carbocycles. The molecule has 40 heavy (non-hydrogen) atoms. The smallest absolute Gasteiger partial charge is 0.346 e. The van der Waals surface area contributed by atoms with Crippen LogP contribution in [0.2, 0.25) is 0 Å². The van der Waals surface area contributed by atoms with E-state index in [0.717, 1.165) is 24.3 Å². The molecule has 0 radical (unpaired) electrons. The average Bonchev–Trinajstić information content (AvgIpc) is 2.91. The normalized spacial score (nSPS) is 12.0. The second-order valence-electron chi connectivity index (χ2n) is 8.54. The molecule has 0 aliphatic heterocycles. The minimum atomic E-state index is -1.48. The lowest BCUT2D eigenvalue weighted by atomic mass is 10.1. The third kappa shape index (κ3) is 7.47. The van der Waals surface area contributed by atoms with Crippen molar-refractivity contribution in [1.29, 1.82) is 0 Å². The maximum Gasteiger partial charge on any atom is 0.346 e. The van der Waals surface area contributed by atoms with Crippen molar-refractivity contribution in [3.63, 3.8) is 0 Å². The number of rotatable bonds is 7. The maximum atomic E-state index is 14.0. The van der Waals surface area contributed by atoms with Crippen LogP contribution in [0.4, 0.5) is 17.6 Å². The van der Waals surface area contributed by atoms with E-state index in [0.29, 0.717) is 22.6 Å². The van der Waals surface area contributed by atoms with E-state index < -0.39 is 52.3 Å². The lowest BCUT2D eigenvalue weighted by Crippen LogP contribution is -2.31. The van der Waals surface area contributed by atoms with Crippen LogP contribution >= 0.6 is 0 Å². The fourth-order valence-corrected chi connectivity index (χ4v) is 5.72. The van der Waals surface area contributed by atoms with Gasteiger partial charge in [0.05, 0.1) is 10.9 Å². The number of esters is 1. The molecule has 0 N–H and O–H groups in total. The summed E-state index contributed by atoms with van der Waals surface area (Å²) in [4.78, 5) is 13.3. The monoisotopic (exact) mass is 561 g/mol. The summed E-state index contributed by atoms with van der Waals surface area (Å²) in [5, 5.41) is 0. The molecule has 0 aromatic heterocycles. The summed E-state index contributed by atoms with van der Waals surface area (Å²) in [6.07, 6.45) is 5.54. The van der Waals surface area contributed by atoms with Gasteiger partial charge in [0.15, 0.2) is 21.3 Å². The van der Waals surface area contributed by atoms with Crippen molar-refractivity contribution in [1.82, 2.24) is 0 Å². The Morgan fingerprint density at radius 2 is 1.32 bits per heavy atom. The quantitative estimate of drug-likeness (QED) is 0.109. The van der Waals surface area contributed by atoms with Gasteiger partial charge in [-0.1, -0.05) is 24.1 Å². The summed E-state index contributed by atoms with van der Waals surface area (Å²) < 4.78 is 67.0. The molecule has 0 heterocycles. The number of hydrogen-bond donors (Lipinski definition) is 0. The molecule has 200 valence electrons. The van der Waals surface area contributed by atoms with E-state index in [4.69, 9.17) is 15.9 Å². The van der Waals surface area contributed by atoms with E-state index in [1.54, 1.807) is 24.3 Å². The number of ether oxygens (including phenoxy) is 2. The van der Waals surface area contributed by atoms with Crippen LogP contribution in [0.3, 0.4) is 0 Å². The molecule has 0 saturated carbocycles. The van der Waals surface area contributed by atoms with Gasteiger partial charge in [-0.15, -0.1) is 6.42 Å². The second kappa shape index (κ2) is 12.5. The Bertz CT molecular complexity index is 1530. The predicted molar refractivity (Wildman–Crippen MR) is 143 cm³/mol. The standard InChI is InChI=1S/C32H21F4O3S/c1-3-32(2,14-13-22-7-5-4-6-8-22)39-31(37)21-38-27-9-11-28(12-10-27)40(29-17-23(33)15-24(34)18-29)30-19-25(35)16-26(36)20-30/h1,4-12,15-20H,21H2,2H3/q+1. The summed E-state index contributed by atoms with van der Waals surface area (Å²) in [6, 6.07) is 21.1. The van der Waals surface area contributed by atoms with Crippen molar-refractivity contribution in [3.05, 3.63) is 120 Å². The fourth-order valence-electron chi connectivity index (χ4n) is 3.58. The van der Waals surface area contributed by atoms with E-state index >= 15 is 0 Å². The molecule has 0 saturated heterocycles. The van der Waals surface area contributed by atoms with Crippen LogP contribution in [0.15, 0.2) is 106 Å². The molecule has 4 aromatic rings. The summed E-state index contributed by atoms with van der Waals surface area (Å²) >= 11 is 0. The third-order valence-electron chi connectivity index (χ3n) is 5.37. The molecular weight excluding hydrogens is 540 g/mol. The van der Waals surface area contributed by atoms with Gasteiger partial charge in [-0.05, 0) is 55.2 Å². The van der Waals surface area contributed by atoms with Gasteiger partial charge in [-0.3, -0.25) is 0 Å². The van der Waals surface area contributed by atoms with Gasteiger partial charge in [0.25, 0.3) is 0 Å². The summed E-state index contributed by atoms with van der Waals surface area (Å²) in [6.45, 7) is 1.01. The Hall–Kier alpha value is -4.66. The molecule has 1 atom stereocenters. The minimum absolute atomic E-state index is 0.185. The molecule has 0 aliphatic carbocycles. The summed E-state index contributed by atoms with van der Waals surface area (Å²) in [5.74, 6) is 4.23. The summed E-state index contributed by atoms with van der Waals surface area (Å²) in [5.41, 5.74) is -0.771. The zero-order valence-corrected chi connectivity index (χ0v) is 21.9. The number of carbonyl (C=O) groups excluding carboxylic acids is 1. The Kier molecular flexibility index (Phi) is 8.83. The van der Waals surface area contributed by atoms with Crippen molar-refractivity contribution in [2.75, 3.05) is 6.61 Å². The molecule has 1 unspecified atom stereocenters. The van der Waals surface area contributed by atoms with Crippen molar-refractivity contribution >= 4 is 16.9 Å². The number of hydrogen-bond acceptors (Lipinski definition) is 3.